The number of halogens is 1. The Morgan fingerprint density at radius 2 is 1.92 bits per heavy atom. The zero-order chi connectivity index (χ0) is 18.9. The monoisotopic (exact) mass is 435 g/mol. The van der Waals surface area contributed by atoms with E-state index in [9.17, 15) is 9.59 Å². The second-order valence-corrected chi connectivity index (χ2v) is 7.92. The molecule has 0 saturated heterocycles. The van der Waals surface area contributed by atoms with Gasteiger partial charge in [0.1, 0.15) is 0 Å². The van der Waals surface area contributed by atoms with Gasteiger partial charge in [-0.25, -0.2) is 4.79 Å². The van der Waals surface area contributed by atoms with Crippen LogP contribution in [0.1, 0.15) is 23.6 Å². The molecule has 26 heavy (non-hydrogen) atoms. The van der Waals surface area contributed by atoms with Gasteiger partial charge in [-0.1, -0.05) is 45.8 Å². The van der Waals surface area contributed by atoms with Gasteiger partial charge in [0.2, 0.25) is 5.91 Å². The second kappa shape index (κ2) is 10.2. The topological polar surface area (TPSA) is 84.2 Å². The summed E-state index contributed by atoms with van der Waals surface area (Å²) in [6.45, 7) is 2.61. The predicted octanol–water partition coefficient (Wildman–Crippen LogP) is 3.77. The van der Waals surface area contributed by atoms with Crippen LogP contribution in [0, 0.1) is 6.92 Å². The quantitative estimate of drug-likeness (QED) is 0.435. The Hall–Kier alpha value is -1.99. The maximum absolute atomic E-state index is 12.2. The smallest absolute Gasteiger partial charge is 0.312 e. The molecule has 0 saturated carbocycles. The van der Waals surface area contributed by atoms with E-state index < -0.39 is 12.1 Å². The summed E-state index contributed by atoms with van der Waals surface area (Å²) in [5, 5.41) is 5.52. The highest BCUT2D eigenvalue weighted by molar-refractivity contribution is 9.10. The van der Waals surface area contributed by atoms with Gasteiger partial charge in [0.05, 0.1) is 12.5 Å². The molecule has 1 atom stereocenters. The van der Waals surface area contributed by atoms with Crippen molar-refractivity contribution >= 4 is 39.6 Å². The lowest BCUT2D eigenvalue weighted by molar-refractivity contribution is -0.121. The maximum Gasteiger partial charge on any atom is 0.312 e. The molecule has 0 heterocycles. The van der Waals surface area contributed by atoms with E-state index >= 15 is 0 Å². The molecule has 1 unspecified atom stereocenters. The summed E-state index contributed by atoms with van der Waals surface area (Å²) in [6, 6.07) is 14.6. The van der Waals surface area contributed by atoms with Crippen LogP contribution in [0.25, 0.3) is 0 Å². The fourth-order valence-electron chi connectivity index (χ4n) is 2.40. The van der Waals surface area contributed by atoms with Crippen LogP contribution in [0.5, 0.6) is 0 Å². The van der Waals surface area contributed by atoms with Gasteiger partial charge in [-0.05, 0) is 36.8 Å². The zero-order valence-electron chi connectivity index (χ0n) is 14.5. The van der Waals surface area contributed by atoms with Crippen molar-refractivity contribution in [3.8, 4) is 0 Å². The first-order chi connectivity index (χ1) is 12.4. The van der Waals surface area contributed by atoms with E-state index in [0.29, 0.717) is 6.54 Å². The van der Waals surface area contributed by atoms with Crippen molar-refractivity contribution < 1.29 is 9.59 Å². The van der Waals surface area contributed by atoms with Crippen molar-refractivity contribution in [3.63, 3.8) is 0 Å². The lowest BCUT2D eigenvalue weighted by Crippen LogP contribution is -2.37. The van der Waals surface area contributed by atoms with E-state index in [1.165, 1.54) is 10.5 Å². The van der Waals surface area contributed by atoms with Crippen molar-refractivity contribution in [2.75, 3.05) is 12.3 Å². The molecule has 2 aromatic rings. The van der Waals surface area contributed by atoms with Crippen LogP contribution in [0.4, 0.5) is 4.79 Å². The summed E-state index contributed by atoms with van der Waals surface area (Å²) < 4.78 is 0.876. The van der Waals surface area contributed by atoms with Crippen LogP contribution >= 0.6 is 27.7 Å². The molecule has 2 aromatic carbocycles. The standard InChI is InChI=1S/C19H22BrN3O2S/c1-13-5-7-16(8-6-13)26-10-9-22-18(24)12-17(23-19(21)25)14-3-2-4-15(20)11-14/h2-8,11,17H,9-10,12H2,1H3,(H,22,24)(H3,21,23,25). The molecule has 2 rings (SSSR count). The zero-order valence-corrected chi connectivity index (χ0v) is 16.9. The summed E-state index contributed by atoms with van der Waals surface area (Å²) in [4.78, 5) is 24.7. The van der Waals surface area contributed by atoms with E-state index in [2.05, 4.69) is 57.8 Å². The molecule has 0 aliphatic rings. The SMILES string of the molecule is Cc1ccc(SCCNC(=O)CC(NC(N)=O)c2cccc(Br)c2)cc1. The molecule has 3 amide bonds. The van der Waals surface area contributed by atoms with Crippen molar-refractivity contribution in [1.82, 2.24) is 10.6 Å². The van der Waals surface area contributed by atoms with Gasteiger partial charge in [-0.15, -0.1) is 11.8 Å². The summed E-state index contributed by atoms with van der Waals surface area (Å²) >= 11 is 5.08. The largest absolute Gasteiger partial charge is 0.355 e. The average molecular weight is 436 g/mol. The van der Waals surface area contributed by atoms with Gasteiger partial charge in [0.25, 0.3) is 0 Å². The maximum atomic E-state index is 12.2. The molecule has 0 aromatic heterocycles. The van der Waals surface area contributed by atoms with Crippen LogP contribution in [-0.2, 0) is 4.79 Å². The molecule has 0 aliphatic heterocycles. The van der Waals surface area contributed by atoms with Gasteiger partial charge < -0.3 is 16.4 Å². The first kappa shape index (κ1) is 20.3. The number of urea groups is 1. The van der Waals surface area contributed by atoms with Crippen molar-refractivity contribution in [2.45, 2.75) is 24.3 Å². The number of benzene rings is 2. The van der Waals surface area contributed by atoms with Gasteiger partial charge in [0.15, 0.2) is 0 Å². The summed E-state index contributed by atoms with van der Waals surface area (Å²) in [6.07, 6.45) is 0.134. The fraction of sp³-hybridized carbons (Fsp3) is 0.263. The first-order valence-electron chi connectivity index (χ1n) is 8.21. The number of carbonyl (C=O) groups is 2. The number of thioether (sulfide) groups is 1. The Morgan fingerprint density at radius 3 is 2.58 bits per heavy atom. The highest BCUT2D eigenvalue weighted by Crippen LogP contribution is 2.21. The Kier molecular flexibility index (Phi) is 8.00. The fourth-order valence-corrected chi connectivity index (χ4v) is 3.58. The molecular weight excluding hydrogens is 414 g/mol. The number of hydrogen-bond donors (Lipinski definition) is 3. The van der Waals surface area contributed by atoms with E-state index in [1.54, 1.807) is 11.8 Å². The normalized spacial score (nSPS) is 11.6. The first-order valence-corrected chi connectivity index (χ1v) is 9.99. The van der Waals surface area contributed by atoms with Crippen LogP contribution in [-0.4, -0.2) is 24.2 Å². The van der Waals surface area contributed by atoms with E-state index in [0.717, 1.165) is 15.8 Å². The van der Waals surface area contributed by atoms with Crippen LogP contribution in [0.3, 0.4) is 0 Å². The van der Waals surface area contributed by atoms with Crippen LogP contribution < -0.4 is 16.4 Å². The van der Waals surface area contributed by atoms with Crippen LogP contribution in [0.15, 0.2) is 57.9 Å². The Bertz CT molecular complexity index is 753. The number of amides is 3. The lowest BCUT2D eigenvalue weighted by Gasteiger charge is -2.18. The third-order valence-electron chi connectivity index (χ3n) is 3.67. The number of carbonyl (C=O) groups excluding carboxylic acids is 2. The van der Waals surface area contributed by atoms with Crippen molar-refractivity contribution in [3.05, 3.63) is 64.1 Å². The third-order valence-corrected chi connectivity index (χ3v) is 5.18. The third kappa shape index (κ3) is 7.09. The molecule has 0 bridgehead atoms. The van der Waals surface area contributed by atoms with E-state index in [-0.39, 0.29) is 12.3 Å². The number of primary amides is 1. The van der Waals surface area contributed by atoms with Crippen molar-refractivity contribution in [1.29, 1.82) is 0 Å². The molecule has 0 aliphatic carbocycles. The average Bonchev–Trinajstić information content (AvgIpc) is 2.59. The molecule has 4 N–H and O–H groups in total. The molecule has 0 radical (unpaired) electrons. The summed E-state index contributed by atoms with van der Waals surface area (Å²) in [5.74, 6) is 0.646. The number of nitrogens with two attached hydrogens (primary N) is 1. The minimum absolute atomic E-state index is 0.131. The Morgan fingerprint density at radius 1 is 1.19 bits per heavy atom. The number of hydrogen-bond acceptors (Lipinski definition) is 3. The van der Waals surface area contributed by atoms with Gasteiger partial charge in [-0.2, -0.15) is 0 Å². The van der Waals surface area contributed by atoms with E-state index in [4.69, 9.17) is 5.73 Å². The predicted molar refractivity (Wildman–Crippen MR) is 109 cm³/mol. The van der Waals surface area contributed by atoms with Gasteiger partial charge >= 0.3 is 6.03 Å². The molecule has 0 fully saturated rings. The molecule has 7 heteroatoms. The molecule has 138 valence electrons. The highest BCUT2D eigenvalue weighted by Gasteiger charge is 2.17. The number of nitrogens with one attached hydrogen (secondary N) is 2. The minimum Gasteiger partial charge on any atom is -0.355 e. The summed E-state index contributed by atoms with van der Waals surface area (Å²) in [7, 11) is 0. The van der Waals surface area contributed by atoms with Gasteiger partial charge in [-0.3, -0.25) is 4.79 Å². The van der Waals surface area contributed by atoms with Crippen LogP contribution in [0.2, 0.25) is 0 Å². The Balaban J connectivity index is 1.82. The number of aryl methyl sites for hydroxylation is 1. The molecule has 0 spiro atoms. The highest BCUT2D eigenvalue weighted by atomic mass is 79.9. The molecular formula is C19H22BrN3O2S. The van der Waals surface area contributed by atoms with Gasteiger partial charge in [0, 0.05) is 21.7 Å². The molecule has 5 nitrogen and oxygen atoms in total. The Labute approximate surface area is 166 Å². The summed E-state index contributed by atoms with van der Waals surface area (Å²) in [5.41, 5.74) is 7.29. The van der Waals surface area contributed by atoms with Crippen molar-refractivity contribution in [2.24, 2.45) is 5.73 Å². The minimum atomic E-state index is -0.655. The van der Waals surface area contributed by atoms with E-state index in [1.807, 2.05) is 24.3 Å². The lowest BCUT2D eigenvalue weighted by atomic mass is 10.0. The second-order valence-electron chi connectivity index (χ2n) is 5.83. The number of rotatable bonds is 8.